The molecule has 2 N–H and O–H groups in total. The molecule has 0 radical (unpaired) electrons. The summed E-state index contributed by atoms with van der Waals surface area (Å²) in [5.74, 6) is -0.450. The summed E-state index contributed by atoms with van der Waals surface area (Å²) < 4.78 is 0. The van der Waals surface area contributed by atoms with Gasteiger partial charge in [-0.2, -0.15) is 0 Å². The molecule has 3 aromatic carbocycles. The number of nitrogens with zero attached hydrogens (tertiary/aromatic N) is 1. The van der Waals surface area contributed by atoms with Gasteiger partial charge >= 0.3 is 0 Å². The van der Waals surface area contributed by atoms with Crippen molar-refractivity contribution in [2.75, 3.05) is 5.32 Å². The highest BCUT2D eigenvalue weighted by atomic mass is 35.5. The zero-order valence-electron chi connectivity index (χ0n) is 14.0. The summed E-state index contributed by atoms with van der Waals surface area (Å²) >= 11 is 6.06. The Bertz CT molecular complexity index is 975. The number of nitro benzene ring substituents is 1. The van der Waals surface area contributed by atoms with Crippen LogP contribution in [0.25, 0.3) is 0 Å². The van der Waals surface area contributed by atoms with E-state index in [0.717, 1.165) is 0 Å². The van der Waals surface area contributed by atoms with E-state index >= 15 is 0 Å². The summed E-state index contributed by atoms with van der Waals surface area (Å²) in [7, 11) is 0. The molecule has 7 heteroatoms. The van der Waals surface area contributed by atoms with Gasteiger partial charge in [0.1, 0.15) is 6.10 Å². The minimum absolute atomic E-state index is 0.0989. The van der Waals surface area contributed by atoms with Crippen molar-refractivity contribution in [2.45, 2.75) is 6.10 Å². The molecule has 0 spiro atoms. The first-order valence-corrected chi connectivity index (χ1v) is 8.42. The van der Waals surface area contributed by atoms with Crippen molar-refractivity contribution in [1.82, 2.24) is 0 Å². The third kappa shape index (κ3) is 4.31. The van der Waals surface area contributed by atoms with Crippen molar-refractivity contribution >= 4 is 28.9 Å². The zero-order valence-corrected chi connectivity index (χ0v) is 14.8. The molecule has 0 aliphatic carbocycles. The van der Waals surface area contributed by atoms with E-state index in [-0.39, 0.29) is 11.3 Å². The number of aliphatic hydroxyl groups is 1. The smallest absolute Gasteiger partial charge is 0.269 e. The van der Waals surface area contributed by atoms with E-state index in [1.54, 1.807) is 42.5 Å². The summed E-state index contributed by atoms with van der Waals surface area (Å²) in [4.78, 5) is 22.7. The number of aliphatic hydroxyl groups excluding tert-OH is 1. The molecule has 0 unspecified atom stereocenters. The molecule has 0 saturated carbocycles. The van der Waals surface area contributed by atoms with Crippen LogP contribution in [0.2, 0.25) is 5.02 Å². The fourth-order valence-electron chi connectivity index (χ4n) is 2.62. The summed E-state index contributed by atoms with van der Waals surface area (Å²) in [5.41, 5.74) is 1.67. The molecule has 3 aromatic rings. The summed E-state index contributed by atoms with van der Waals surface area (Å²) in [5, 5.41) is 24.6. The number of hydrogen-bond acceptors (Lipinski definition) is 4. The Morgan fingerprint density at radius 1 is 1.04 bits per heavy atom. The molecule has 136 valence electrons. The second kappa shape index (κ2) is 7.99. The number of carbonyl (C=O) groups excluding carboxylic acids is 1. The third-order valence-corrected chi connectivity index (χ3v) is 4.25. The number of benzene rings is 3. The highest BCUT2D eigenvalue weighted by Crippen LogP contribution is 2.31. The standard InChI is InChI=1S/C20H15ClN2O4/c21-15-8-11-18(17(12-15)19(24)13-4-2-1-3-5-13)22-20(25)14-6-9-16(10-7-14)23(26)27/h1-12,19,24H,(H,22,25)/t19-/m1/s1. The summed E-state index contributed by atoms with van der Waals surface area (Å²) in [6, 6.07) is 19.1. The van der Waals surface area contributed by atoms with E-state index in [9.17, 15) is 20.0 Å². The van der Waals surface area contributed by atoms with Gasteiger partial charge in [-0.1, -0.05) is 41.9 Å². The minimum atomic E-state index is -0.975. The van der Waals surface area contributed by atoms with Crippen LogP contribution in [-0.4, -0.2) is 15.9 Å². The van der Waals surface area contributed by atoms with Gasteiger partial charge in [-0.15, -0.1) is 0 Å². The average molecular weight is 383 g/mol. The number of rotatable bonds is 5. The average Bonchev–Trinajstić information content (AvgIpc) is 2.69. The van der Waals surface area contributed by atoms with Crippen molar-refractivity contribution < 1.29 is 14.8 Å². The predicted molar refractivity (Wildman–Crippen MR) is 103 cm³/mol. The summed E-state index contributed by atoms with van der Waals surface area (Å²) in [6.45, 7) is 0. The Hall–Kier alpha value is -3.22. The van der Waals surface area contributed by atoms with E-state index in [2.05, 4.69) is 5.32 Å². The topological polar surface area (TPSA) is 92.5 Å². The number of amides is 1. The molecular weight excluding hydrogens is 368 g/mol. The Balaban J connectivity index is 1.88. The van der Waals surface area contributed by atoms with Crippen LogP contribution in [0.4, 0.5) is 11.4 Å². The molecule has 0 fully saturated rings. The van der Waals surface area contributed by atoms with Gasteiger partial charge in [-0.3, -0.25) is 14.9 Å². The molecule has 1 atom stereocenters. The minimum Gasteiger partial charge on any atom is -0.384 e. The first-order valence-electron chi connectivity index (χ1n) is 8.04. The normalized spacial score (nSPS) is 11.6. The lowest BCUT2D eigenvalue weighted by Crippen LogP contribution is -2.14. The third-order valence-electron chi connectivity index (χ3n) is 4.01. The molecular formula is C20H15ClN2O4. The Morgan fingerprint density at radius 2 is 1.70 bits per heavy atom. The molecule has 0 saturated heterocycles. The van der Waals surface area contributed by atoms with Crippen LogP contribution in [-0.2, 0) is 0 Å². The van der Waals surface area contributed by atoms with Crippen LogP contribution < -0.4 is 5.32 Å². The van der Waals surface area contributed by atoms with Crippen LogP contribution in [0.3, 0.4) is 0 Å². The SMILES string of the molecule is O=C(Nc1ccc(Cl)cc1[C@H](O)c1ccccc1)c1ccc([N+](=O)[O-])cc1. The van der Waals surface area contributed by atoms with E-state index in [1.807, 2.05) is 6.07 Å². The molecule has 0 aliphatic rings. The fraction of sp³-hybridized carbons (Fsp3) is 0.0500. The van der Waals surface area contributed by atoms with E-state index in [4.69, 9.17) is 11.6 Å². The van der Waals surface area contributed by atoms with E-state index < -0.39 is 16.9 Å². The second-order valence-corrected chi connectivity index (χ2v) is 6.24. The molecule has 3 rings (SSSR count). The predicted octanol–water partition coefficient (Wildman–Crippen LogP) is 4.58. The number of non-ortho nitro benzene ring substituents is 1. The van der Waals surface area contributed by atoms with Crippen LogP contribution in [0, 0.1) is 10.1 Å². The highest BCUT2D eigenvalue weighted by molar-refractivity contribution is 6.30. The van der Waals surface area contributed by atoms with Crippen LogP contribution in [0.5, 0.6) is 0 Å². The number of hydrogen-bond donors (Lipinski definition) is 2. The van der Waals surface area contributed by atoms with Gasteiger partial charge in [0.05, 0.1) is 4.92 Å². The van der Waals surface area contributed by atoms with Crippen molar-refractivity contribution in [3.63, 3.8) is 0 Å². The van der Waals surface area contributed by atoms with Crippen molar-refractivity contribution in [2.24, 2.45) is 0 Å². The van der Waals surface area contributed by atoms with Gasteiger partial charge in [0.2, 0.25) is 0 Å². The van der Waals surface area contributed by atoms with Gasteiger partial charge in [-0.25, -0.2) is 0 Å². The fourth-order valence-corrected chi connectivity index (χ4v) is 2.80. The Kier molecular flexibility index (Phi) is 5.49. The van der Waals surface area contributed by atoms with Gasteiger partial charge in [0.25, 0.3) is 11.6 Å². The molecule has 0 aromatic heterocycles. The lowest BCUT2D eigenvalue weighted by atomic mass is 9.99. The largest absolute Gasteiger partial charge is 0.384 e. The Labute approximate surface area is 160 Å². The van der Waals surface area contributed by atoms with Crippen molar-refractivity contribution in [3.8, 4) is 0 Å². The molecule has 0 bridgehead atoms. The van der Waals surface area contributed by atoms with Crippen LogP contribution in [0.15, 0.2) is 72.8 Å². The van der Waals surface area contributed by atoms with Gasteiger partial charge in [0, 0.05) is 34.0 Å². The van der Waals surface area contributed by atoms with Gasteiger partial charge < -0.3 is 10.4 Å². The first kappa shape index (κ1) is 18.6. The van der Waals surface area contributed by atoms with Crippen molar-refractivity contribution in [1.29, 1.82) is 0 Å². The van der Waals surface area contributed by atoms with Gasteiger partial charge in [-0.05, 0) is 35.9 Å². The number of nitrogens with one attached hydrogen (secondary N) is 1. The Morgan fingerprint density at radius 3 is 2.33 bits per heavy atom. The lowest BCUT2D eigenvalue weighted by molar-refractivity contribution is -0.384. The number of carbonyl (C=O) groups is 1. The number of halogens is 1. The number of nitro groups is 1. The van der Waals surface area contributed by atoms with E-state index in [1.165, 1.54) is 24.3 Å². The number of anilines is 1. The zero-order chi connectivity index (χ0) is 19.4. The highest BCUT2D eigenvalue weighted by Gasteiger charge is 2.18. The van der Waals surface area contributed by atoms with Crippen LogP contribution >= 0.6 is 11.6 Å². The molecule has 0 heterocycles. The van der Waals surface area contributed by atoms with E-state index in [0.29, 0.717) is 21.8 Å². The first-order chi connectivity index (χ1) is 13.0. The second-order valence-electron chi connectivity index (χ2n) is 5.80. The van der Waals surface area contributed by atoms with Crippen molar-refractivity contribution in [3.05, 3.63) is 105 Å². The quantitative estimate of drug-likeness (QED) is 0.499. The maximum atomic E-state index is 12.5. The summed E-state index contributed by atoms with van der Waals surface area (Å²) in [6.07, 6.45) is -0.975. The van der Waals surface area contributed by atoms with Crippen LogP contribution in [0.1, 0.15) is 27.6 Å². The molecule has 27 heavy (non-hydrogen) atoms. The molecule has 0 aliphatic heterocycles. The monoisotopic (exact) mass is 382 g/mol. The molecule has 1 amide bonds. The maximum absolute atomic E-state index is 12.5. The van der Waals surface area contributed by atoms with Gasteiger partial charge in [0.15, 0.2) is 0 Å². The molecule has 6 nitrogen and oxygen atoms in total. The lowest BCUT2D eigenvalue weighted by Gasteiger charge is -2.17. The maximum Gasteiger partial charge on any atom is 0.269 e.